The predicted molar refractivity (Wildman–Crippen MR) is 84.4 cm³/mol. The van der Waals surface area contributed by atoms with Gasteiger partial charge < -0.3 is 0 Å². The lowest BCUT2D eigenvalue weighted by Crippen LogP contribution is -2.07. The number of carbonyl (C=O) groups is 1. The highest BCUT2D eigenvalue weighted by atomic mass is 32.2. The Morgan fingerprint density at radius 1 is 1.00 bits per heavy atom. The topological polar surface area (TPSA) is 51.2 Å². The summed E-state index contributed by atoms with van der Waals surface area (Å²) in [6.07, 6.45) is -1.35. The monoisotopic (exact) mass is 354 g/mol. The fraction of sp³-hybridized carbons (Fsp3) is 0.118. The Morgan fingerprint density at radius 3 is 2.12 bits per heavy atom. The Hall–Kier alpha value is -2.41. The van der Waals surface area contributed by atoms with Crippen LogP contribution in [-0.4, -0.2) is 20.5 Å². The molecular formula is C17H13F3O3S. The minimum Gasteiger partial charge on any atom is -0.289 e. The molecule has 0 aliphatic rings. The maximum Gasteiger partial charge on any atom is 0.416 e. The van der Waals surface area contributed by atoms with E-state index >= 15 is 0 Å². The van der Waals surface area contributed by atoms with Gasteiger partial charge in [0.05, 0.1) is 10.5 Å². The molecule has 0 bridgehead atoms. The van der Waals surface area contributed by atoms with Gasteiger partial charge in [-0.2, -0.15) is 13.2 Å². The van der Waals surface area contributed by atoms with E-state index in [0.717, 1.165) is 24.5 Å². The number of allylic oxidation sites excluding steroid dienone is 1. The Morgan fingerprint density at radius 2 is 1.58 bits per heavy atom. The van der Waals surface area contributed by atoms with E-state index in [4.69, 9.17) is 0 Å². The first-order valence-corrected chi connectivity index (χ1v) is 8.67. The van der Waals surface area contributed by atoms with Crippen molar-refractivity contribution in [1.82, 2.24) is 0 Å². The molecule has 126 valence electrons. The smallest absolute Gasteiger partial charge is 0.289 e. The zero-order valence-corrected chi connectivity index (χ0v) is 13.4. The van der Waals surface area contributed by atoms with Gasteiger partial charge in [-0.15, -0.1) is 0 Å². The third-order valence-corrected chi connectivity index (χ3v) is 4.38. The fourth-order valence-electron chi connectivity index (χ4n) is 2.03. The van der Waals surface area contributed by atoms with Crippen molar-refractivity contribution in [3.63, 3.8) is 0 Å². The standard InChI is InChI=1S/C17H13F3O3S/c1-24(22,23)14-9-6-13(7-10-14)16(21)11-8-12-4-2-3-5-15(12)17(18,19)20/h2-11H,1H3/b11-8+. The number of carbonyl (C=O) groups excluding carboxylic acids is 1. The summed E-state index contributed by atoms with van der Waals surface area (Å²) in [5.41, 5.74) is -0.768. The van der Waals surface area contributed by atoms with Crippen LogP contribution in [0.15, 0.2) is 59.5 Å². The molecule has 0 spiro atoms. The number of rotatable bonds is 4. The van der Waals surface area contributed by atoms with Crippen LogP contribution in [0.4, 0.5) is 13.2 Å². The maximum absolute atomic E-state index is 12.9. The maximum atomic E-state index is 12.9. The molecule has 0 fully saturated rings. The molecule has 0 aliphatic heterocycles. The highest BCUT2D eigenvalue weighted by molar-refractivity contribution is 7.90. The summed E-state index contributed by atoms with van der Waals surface area (Å²) >= 11 is 0. The number of benzene rings is 2. The van der Waals surface area contributed by atoms with E-state index in [1.165, 1.54) is 42.5 Å². The predicted octanol–water partition coefficient (Wildman–Crippen LogP) is 4.01. The van der Waals surface area contributed by atoms with Crippen LogP contribution in [0.25, 0.3) is 6.08 Å². The molecular weight excluding hydrogens is 341 g/mol. The number of alkyl halides is 3. The van der Waals surface area contributed by atoms with E-state index in [1.54, 1.807) is 0 Å². The molecule has 0 amide bonds. The van der Waals surface area contributed by atoms with E-state index in [0.29, 0.717) is 0 Å². The zero-order chi connectivity index (χ0) is 18.0. The van der Waals surface area contributed by atoms with E-state index in [2.05, 4.69) is 0 Å². The molecule has 2 aromatic carbocycles. The van der Waals surface area contributed by atoms with Crippen LogP contribution < -0.4 is 0 Å². The van der Waals surface area contributed by atoms with Gasteiger partial charge in [0.15, 0.2) is 15.6 Å². The van der Waals surface area contributed by atoms with E-state index < -0.39 is 27.4 Å². The number of ketones is 1. The molecule has 24 heavy (non-hydrogen) atoms. The Balaban J connectivity index is 2.26. The summed E-state index contributed by atoms with van der Waals surface area (Å²) in [4.78, 5) is 12.1. The van der Waals surface area contributed by atoms with Crippen molar-refractivity contribution in [2.45, 2.75) is 11.1 Å². The number of halogens is 3. The lowest BCUT2D eigenvalue weighted by Gasteiger charge is -2.09. The fourth-order valence-corrected chi connectivity index (χ4v) is 2.66. The summed E-state index contributed by atoms with van der Waals surface area (Å²) in [6.45, 7) is 0. The van der Waals surface area contributed by atoms with Gasteiger partial charge in [-0.1, -0.05) is 24.3 Å². The molecule has 0 atom stereocenters. The third-order valence-electron chi connectivity index (χ3n) is 3.25. The first kappa shape index (κ1) is 17.9. The minimum absolute atomic E-state index is 0.0606. The van der Waals surface area contributed by atoms with Crippen LogP contribution in [0.1, 0.15) is 21.5 Å². The van der Waals surface area contributed by atoms with Crippen LogP contribution in [0.3, 0.4) is 0 Å². The molecule has 2 rings (SSSR count). The average molecular weight is 354 g/mol. The van der Waals surface area contributed by atoms with Gasteiger partial charge in [0.1, 0.15) is 0 Å². The lowest BCUT2D eigenvalue weighted by atomic mass is 10.0. The molecule has 3 nitrogen and oxygen atoms in total. The average Bonchev–Trinajstić information content (AvgIpc) is 2.51. The van der Waals surface area contributed by atoms with Gasteiger partial charge in [-0.05, 0) is 42.0 Å². The molecule has 0 saturated carbocycles. The van der Waals surface area contributed by atoms with Gasteiger partial charge in [0, 0.05) is 11.8 Å². The molecule has 7 heteroatoms. The van der Waals surface area contributed by atoms with Crippen molar-refractivity contribution in [3.05, 3.63) is 71.3 Å². The van der Waals surface area contributed by atoms with Gasteiger partial charge >= 0.3 is 6.18 Å². The van der Waals surface area contributed by atoms with Gasteiger partial charge in [-0.3, -0.25) is 4.79 Å². The normalized spacial score (nSPS) is 12.5. The second kappa shape index (κ2) is 6.60. The van der Waals surface area contributed by atoms with Crippen LogP contribution in [-0.2, 0) is 16.0 Å². The third kappa shape index (κ3) is 4.32. The second-order valence-corrected chi connectivity index (χ2v) is 7.09. The Bertz CT molecular complexity index is 880. The van der Waals surface area contributed by atoms with Crippen LogP contribution in [0.5, 0.6) is 0 Å². The zero-order valence-electron chi connectivity index (χ0n) is 12.5. The molecule has 0 aliphatic carbocycles. The number of sulfone groups is 1. The van der Waals surface area contributed by atoms with E-state index in [1.807, 2.05) is 0 Å². The van der Waals surface area contributed by atoms with Gasteiger partial charge in [-0.25, -0.2) is 8.42 Å². The number of hydrogen-bond acceptors (Lipinski definition) is 3. The molecule has 0 radical (unpaired) electrons. The lowest BCUT2D eigenvalue weighted by molar-refractivity contribution is -0.137. The molecule has 0 N–H and O–H groups in total. The van der Waals surface area contributed by atoms with E-state index in [-0.39, 0.29) is 16.0 Å². The molecule has 0 unspecified atom stereocenters. The summed E-state index contributed by atoms with van der Waals surface area (Å²) < 4.78 is 61.3. The van der Waals surface area contributed by atoms with Gasteiger partial charge in [0.25, 0.3) is 0 Å². The van der Waals surface area contributed by atoms with Crippen molar-refractivity contribution in [2.75, 3.05) is 6.26 Å². The second-order valence-electron chi connectivity index (χ2n) is 5.08. The molecule has 2 aromatic rings. The Labute approximate surface area is 137 Å². The van der Waals surface area contributed by atoms with Crippen molar-refractivity contribution < 1.29 is 26.4 Å². The van der Waals surface area contributed by atoms with Crippen LogP contribution in [0, 0.1) is 0 Å². The Kier molecular flexibility index (Phi) is 4.94. The van der Waals surface area contributed by atoms with Crippen LogP contribution in [0.2, 0.25) is 0 Å². The SMILES string of the molecule is CS(=O)(=O)c1ccc(C(=O)/C=C/c2ccccc2C(F)(F)F)cc1. The molecule has 0 saturated heterocycles. The van der Waals surface area contributed by atoms with Crippen molar-refractivity contribution in [3.8, 4) is 0 Å². The van der Waals surface area contributed by atoms with E-state index in [9.17, 15) is 26.4 Å². The minimum atomic E-state index is -4.51. The van der Waals surface area contributed by atoms with Gasteiger partial charge in [0.2, 0.25) is 0 Å². The van der Waals surface area contributed by atoms with Crippen molar-refractivity contribution >= 4 is 21.7 Å². The summed E-state index contributed by atoms with van der Waals surface area (Å²) in [5.74, 6) is -0.521. The highest BCUT2D eigenvalue weighted by Crippen LogP contribution is 2.32. The van der Waals surface area contributed by atoms with Crippen molar-refractivity contribution in [1.29, 1.82) is 0 Å². The highest BCUT2D eigenvalue weighted by Gasteiger charge is 2.32. The molecule has 0 heterocycles. The van der Waals surface area contributed by atoms with Crippen LogP contribution >= 0.6 is 0 Å². The quantitative estimate of drug-likeness (QED) is 0.616. The number of hydrogen-bond donors (Lipinski definition) is 0. The summed E-state index contributed by atoms with van der Waals surface area (Å²) in [6, 6.07) is 10.1. The summed E-state index contributed by atoms with van der Waals surface area (Å²) in [5, 5.41) is 0. The first-order chi connectivity index (χ1) is 11.1. The molecule has 0 aromatic heterocycles. The largest absolute Gasteiger partial charge is 0.416 e. The summed E-state index contributed by atoms with van der Waals surface area (Å²) in [7, 11) is -3.38. The van der Waals surface area contributed by atoms with Crippen molar-refractivity contribution in [2.24, 2.45) is 0 Å². The first-order valence-electron chi connectivity index (χ1n) is 6.78.